The molecule has 2 aromatic carbocycles. The van der Waals surface area contributed by atoms with Gasteiger partial charge in [-0.25, -0.2) is 0 Å². The molecule has 0 saturated carbocycles. The predicted molar refractivity (Wildman–Crippen MR) is 137 cm³/mol. The van der Waals surface area contributed by atoms with Crippen LogP contribution in [-0.2, 0) is 27.8 Å². The van der Waals surface area contributed by atoms with Gasteiger partial charge in [0.15, 0.2) is 0 Å². The Hall–Kier alpha value is -2.62. The van der Waals surface area contributed by atoms with Crippen molar-refractivity contribution in [1.82, 2.24) is 10.2 Å². The van der Waals surface area contributed by atoms with E-state index in [0.29, 0.717) is 25.8 Å². The standard InChI is InChI=1S/C29H42N2O2/c1-7-22(3)30-28(33)26(8-2)31(21-20-23-12-10-9-11-13-23)27(32)19-16-24-14-17-25(18-15-24)29(4,5)6/h9-15,17-18,22,26H,7-8,16,19-21H2,1-6H3,(H,30,33). The maximum absolute atomic E-state index is 13.4. The molecule has 4 nitrogen and oxygen atoms in total. The fourth-order valence-electron chi connectivity index (χ4n) is 3.90. The van der Waals surface area contributed by atoms with Crippen LogP contribution in [0.5, 0.6) is 0 Å². The first kappa shape index (κ1) is 26.6. The normalized spacial score (nSPS) is 13.3. The molecule has 180 valence electrons. The van der Waals surface area contributed by atoms with Gasteiger partial charge in [-0.05, 0) is 54.7 Å². The van der Waals surface area contributed by atoms with Crippen LogP contribution in [0.1, 0.15) is 77.5 Å². The molecule has 0 radical (unpaired) electrons. The van der Waals surface area contributed by atoms with Gasteiger partial charge < -0.3 is 10.2 Å². The molecule has 33 heavy (non-hydrogen) atoms. The summed E-state index contributed by atoms with van der Waals surface area (Å²) in [5.74, 6) is -0.0141. The third kappa shape index (κ3) is 8.34. The molecule has 1 N–H and O–H groups in total. The smallest absolute Gasteiger partial charge is 0.243 e. The molecular weight excluding hydrogens is 408 g/mol. The van der Waals surface area contributed by atoms with Gasteiger partial charge in [-0.15, -0.1) is 0 Å². The molecule has 2 aromatic rings. The molecule has 0 aliphatic carbocycles. The highest BCUT2D eigenvalue weighted by Crippen LogP contribution is 2.22. The van der Waals surface area contributed by atoms with Crippen LogP contribution < -0.4 is 5.32 Å². The van der Waals surface area contributed by atoms with Gasteiger partial charge in [0.1, 0.15) is 6.04 Å². The number of aryl methyl sites for hydroxylation is 1. The Balaban J connectivity index is 2.12. The average molecular weight is 451 g/mol. The highest BCUT2D eigenvalue weighted by atomic mass is 16.2. The van der Waals surface area contributed by atoms with Crippen molar-refractivity contribution < 1.29 is 9.59 Å². The Morgan fingerprint density at radius 1 is 0.879 bits per heavy atom. The maximum Gasteiger partial charge on any atom is 0.243 e. The molecule has 2 atom stereocenters. The Labute approximate surface area is 200 Å². The zero-order valence-electron chi connectivity index (χ0n) is 21.4. The van der Waals surface area contributed by atoms with Gasteiger partial charge in [0, 0.05) is 19.0 Å². The quantitative estimate of drug-likeness (QED) is 0.479. The van der Waals surface area contributed by atoms with Crippen LogP contribution >= 0.6 is 0 Å². The van der Waals surface area contributed by atoms with Crippen molar-refractivity contribution in [2.45, 2.75) is 91.1 Å². The topological polar surface area (TPSA) is 49.4 Å². The van der Waals surface area contributed by atoms with E-state index in [4.69, 9.17) is 0 Å². The molecule has 0 saturated heterocycles. The molecule has 0 spiro atoms. The van der Waals surface area contributed by atoms with Gasteiger partial charge in [0.05, 0.1) is 0 Å². The molecule has 0 fully saturated rings. The summed E-state index contributed by atoms with van der Waals surface area (Å²) < 4.78 is 0. The van der Waals surface area contributed by atoms with Crippen molar-refractivity contribution in [1.29, 1.82) is 0 Å². The molecule has 0 aliphatic rings. The van der Waals surface area contributed by atoms with E-state index in [9.17, 15) is 9.59 Å². The number of amides is 2. The summed E-state index contributed by atoms with van der Waals surface area (Å²) in [6.07, 6.45) is 3.28. The summed E-state index contributed by atoms with van der Waals surface area (Å²) in [6, 6.07) is 18.3. The van der Waals surface area contributed by atoms with E-state index in [1.807, 2.05) is 32.0 Å². The zero-order valence-corrected chi connectivity index (χ0v) is 21.4. The van der Waals surface area contributed by atoms with Gasteiger partial charge in [-0.2, -0.15) is 0 Å². The molecule has 0 aromatic heterocycles. The highest BCUT2D eigenvalue weighted by molar-refractivity contribution is 5.88. The summed E-state index contributed by atoms with van der Waals surface area (Å²) in [4.78, 5) is 28.2. The first-order valence-electron chi connectivity index (χ1n) is 12.4. The Morgan fingerprint density at radius 2 is 1.48 bits per heavy atom. The van der Waals surface area contributed by atoms with Crippen LogP contribution in [0, 0.1) is 0 Å². The van der Waals surface area contributed by atoms with Crippen molar-refractivity contribution in [3.63, 3.8) is 0 Å². The lowest BCUT2D eigenvalue weighted by Gasteiger charge is -2.31. The number of nitrogens with one attached hydrogen (secondary N) is 1. The molecular formula is C29H42N2O2. The molecule has 0 aliphatic heterocycles. The Morgan fingerprint density at radius 3 is 2.03 bits per heavy atom. The third-order valence-corrected chi connectivity index (χ3v) is 6.32. The number of carbonyl (C=O) groups is 2. The lowest BCUT2D eigenvalue weighted by molar-refractivity contribution is -0.141. The lowest BCUT2D eigenvalue weighted by Crippen LogP contribution is -2.51. The van der Waals surface area contributed by atoms with Crippen LogP contribution in [0.3, 0.4) is 0 Å². The van der Waals surface area contributed by atoms with E-state index < -0.39 is 6.04 Å². The van der Waals surface area contributed by atoms with Crippen molar-refractivity contribution in [3.8, 4) is 0 Å². The van der Waals surface area contributed by atoms with E-state index >= 15 is 0 Å². The van der Waals surface area contributed by atoms with Crippen LogP contribution in [0.2, 0.25) is 0 Å². The maximum atomic E-state index is 13.4. The summed E-state index contributed by atoms with van der Waals surface area (Å²) in [6.45, 7) is 13.2. The van der Waals surface area contributed by atoms with Crippen LogP contribution in [-0.4, -0.2) is 35.3 Å². The number of hydrogen-bond donors (Lipinski definition) is 1. The van der Waals surface area contributed by atoms with Crippen LogP contribution in [0.15, 0.2) is 54.6 Å². The van der Waals surface area contributed by atoms with Crippen molar-refractivity contribution in [2.24, 2.45) is 0 Å². The van der Waals surface area contributed by atoms with E-state index in [1.165, 1.54) is 11.1 Å². The first-order chi connectivity index (χ1) is 15.7. The minimum atomic E-state index is -0.446. The van der Waals surface area contributed by atoms with Crippen LogP contribution in [0.4, 0.5) is 0 Å². The van der Waals surface area contributed by atoms with Crippen molar-refractivity contribution in [2.75, 3.05) is 6.54 Å². The molecule has 4 heteroatoms. The second-order valence-electron chi connectivity index (χ2n) is 10.0. The minimum absolute atomic E-state index is 0.0389. The highest BCUT2D eigenvalue weighted by Gasteiger charge is 2.28. The molecule has 0 bridgehead atoms. The largest absolute Gasteiger partial charge is 0.352 e. The molecule has 2 unspecified atom stereocenters. The first-order valence-corrected chi connectivity index (χ1v) is 12.4. The van der Waals surface area contributed by atoms with E-state index in [-0.39, 0.29) is 23.3 Å². The minimum Gasteiger partial charge on any atom is -0.352 e. The van der Waals surface area contributed by atoms with Gasteiger partial charge in [0.2, 0.25) is 11.8 Å². The van der Waals surface area contributed by atoms with Gasteiger partial charge in [0.25, 0.3) is 0 Å². The number of carbonyl (C=O) groups excluding carboxylic acids is 2. The van der Waals surface area contributed by atoms with E-state index in [1.54, 1.807) is 4.90 Å². The predicted octanol–water partition coefficient (Wildman–Crippen LogP) is 5.68. The summed E-state index contributed by atoms with van der Waals surface area (Å²) >= 11 is 0. The van der Waals surface area contributed by atoms with Crippen molar-refractivity contribution >= 4 is 11.8 Å². The summed E-state index contributed by atoms with van der Waals surface area (Å²) in [5.41, 5.74) is 3.72. The van der Waals surface area contributed by atoms with Gasteiger partial charge in [-0.3, -0.25) is 9.59 Å². The van der Waals surface area contributed by atoms with Crippen LogP contribution in [0.25, 0.3) is 0 Å². The number of benzene rings is 2. The van der Waals surface area contributed by atoms with E-state index in [0.717, 1.165) is 18.4 Å². The fourth-order valence-corrected chi connectivity index (χ4v) is 3.90. The average Bonchev–Trinajstić information content (AvgIpc) is 2.80. The summed E-state index contributed by atoms with van der Waals surface area (Å²) in [7, 11) is 0. The lowest BCUT2D eigenvalue weighted by atomic mass is 9.86. The fraction of sp³-hybridized carbons (Fsp3) is 0.517. The zero-order chi connectivity index (χ0) is 24.4. The molecule has 2 amide bonds. The third-order valence-electron chi connectivity index (χ3n) is 6.32. The second kappa shape index (κ2) is 12.6. The van der Waals surface area contributed by atoms with Crippen molar-refractivity contribution in [3.05, 3.63) is 71.3 Å². The second-order valence-corrected chi connectivity index (χ2v) is 10.0. The monoisotopic (exact) mass is 450 g/mol. The molecule has 2 rings (SSSR count). The number of hydrogen-bond acceptors (Lipinski definition) is 2. The van der Waals surface area contributed by atoms with Gasteiger partial charge in [-0.1, -0.05) is 89.2 Å². The number of nitrogens with zero attached hydrogens (tertiary/aromatic N) is 1. The number of rotatable bonds is 11. The van der Waals surface area contributed by atoms with E-state index in [2.05, 4.69) is 69.4 Å². The molecule has 0 heterocycles. The Kier molecular flexibility index (Phi) is 10.1. The summed E-state index contributed by atoms with van der Waals surface area (Å²) in [5, 5.41) is 3.08. The SMILES string of the molecule is CCC(C)NC(=O)C(CC)N(CCc1ccccc1)C(=O)CCc1ccc(C(C)(C)C)cc1. The Bertz CT molecular complexity index is 869. The van der Waals surface area contributed by atoms with Gasteiger partial charge >= 0.3 is 0 Å².